The van der Waals surface area contributed by atoms with E-state index in [-0.39, 0.29) is 0 Å². The fourth-order valence-corrected chi connectivity index (χ4v) is 3.03. The Morgan fingerprint density at radius 1 is 1.46 bits per heavy atom. The highest BCUT2D eigenvalue weighted by atomic mass is 35.6. The molecule has 1 saturated heterocycles. The van der Waals surface area contributed by atoms with Crippen molar-refractivity contribution in [3.63, 3.8) is 0 Å². The second kappa shape index (κ2) is 3.01. The standard InChI is InChI=1S/C8H7Cl3OS/c1-5-2-3-6(13-5)7(4-12-7)8(9,10)11/h2-3H,4H2,1H3. The molecule has 13 heavy (non-hydrogen) atoms. The van der Waals surface area contributed by atoms with E-state index in [0.29, 0.717) is 6.61 Å². The van der Waals surface area contributed by atoms with Crippen LogP contribution in [0.1, 0.15) is 9.75 Å². The molecule has 0 radical (unpaired) electrons. The molecule has 1 fully saturated rings. The maximum absolute atomic E-state index is 5.84. The Morgan fingerprint density at radius 3 is 2.38 bits per heavy atom. The van der Waals surface area contributed by atoms with Gasteiger partial charge in [0.25, 0.3) is 0 Å². The number of aryl methyl sites for hydroxylation is 1. The molecular weight excluding hydrogens is 251 g/mol. The zero-order chi connectivity index (χ0) is 9.69. The highest BCUT2D eigenvalue weighted by Crippen LogP contribution is 2.57. The van der Waals surface area contributed by atoms with E-state index in [4.69, 9.17) is 39.5 Å². The van der Waals surface area contributed by atoms with Crippen LogP contribution in [0.25, 0.3) is 0 Å². The predicted molar refractivity (Wildman–Crippen MR) is 57.0 cm³/mol. The summed E-state index contributed by atoms with van der Waals surface area (Å²) in [6.45, 7) is 2.51. The first kappa shape index (κ1) is 10.1. The van der Waals surface area contributed by atoms with Crippen LogP contribution in [0.4, 0.5) is 0 Å². The van der Waals surface area contributed by atoms with E-state index >= 15 is 0 Å². The quantitative estimate of drug-likeness (QED) is 0.553. The van der Waals surface area contributed by atoms with Crippen molar-refractivity contribution in [2.75, 3.05) is 6.61 Å². The summed E-state index contributed by atoms with van der Waals surface area (Å²) in [5, 5.41) is 0. The highest BCUT2D eigenvalue weighted by Gasteiger charge is 2.62. The monoisotopic (exact) mass is 256 g/mol. The predicted octanol–water partition coefficient (Wildman–Crippen LogP) is 3.65. The molecule has 1 aliphatic rings. The van der Waals surface area contributed by atoms with Gasteiger partial charge in [-0.05, 0) is 19.1 Å². The van der Waals surface area contributed by atoms with Crippen molar-refractivity contribution in [3.05, 3.63) is 21.9 Å². The first-order valence-electron chi connectivity index (χ1n) is 3.73. The minimum absolute atomic E-state index is 0.490. The fraction of sp³-hybridized carbons (Fsp3) is 0.500. The van der Waals surface area contributed by atoms with Crippen molar-refractivity contribution in [1.82, 2.24) is 0 Å². The smallest absolute Gasteiger partial charge is 0.226 e. The lowest BCUT2D eigenvalue weighted by atomic mass is 10.1. The molecule has 0 spiro atoms. The molecule has 1 nitrogen and oxygen atoms in total. The molecule has 2 heterocycles. The second-order valence-corrected chi connectivity index (χ2v) is 6.59. The summed E-state index contributed by atoms with van der Waals surface area (Å²) in [5.41, 5.74) is -0.684. The van der Waals surface area contributed by atoms with Crippen LogP contribution in [0.15, 0.2) is 12.1 Å². The number of rotatable bonds is 1. The summed E-state index contributed by atoms with van der Waals surface area (Å²) in [6.07, 6.45) is 0. The summed E-state index contributed by atoms with van der Waals surface area (Å²) in [4.78, 5) is 2.18. The minimum atomic E-state index is -1.37. The van der Waals surface area contributed by atoms with E-state index in [0.717, 1.165) is 4.88 Å². The molecule has 1 atom stereocenters. The van der Waals surface area contributed by atoms with Crippen LogP contribution in [0.2, 0.25) is 0 Å². The third-order valence-corrected chi connectivity index (χ3v) is 4.09. The largest absolute Gasteiger partial charge is 0.359 e. The van der Waals surface area contributed by atoms with Gasteiger partial charge in [0.15, 0.2) is 5.60 Å². The summed E-state index contributed by atoms with van der Waals surface area (Å²) >= 11 is 19.1. The lowest BCUT2D eigenvalue weighted by molar-refractivity contribution is 0.316. The zero-order valence-corrected chi connectivity index (χ0v) is 9.90. The Kier molecular flexibility index (Phi) is 2.33. The molecule has 1 aromatic rings. The normalized spacial score (nSPS) is 27.7. The molecule has 5 heteroatoms. The van der Waals surface area contributed by atoms with Crippen LogP contribution in [0.5, 0.6) is 0 Å². The Bertz CT molecular complexity index is 324. The van der Waals surface area contributed by atoms with Crippen LogP contribution < -0.4 is 0 Å². The number of hydrogen-bond acceptors (Lipinski definition) is 2. The summed E-state index contributed by atoms with van der Waals surface area (Å²) in [5.74, 6) is 0. The molecule has 0 aliphatic carbocycles. The van der Waals surface area contributed by atoms with E-state index in [1.807, 2.05) is 19.1 Å². The lowest BCUT2D eigenvalue weighted by Crippen LogP contribution is -2.25. The highest BCUT2D eigenvalue weighted by molar-refractivity contribution is 7.12. The van der Waals surface area contributed by atoms with E-state index in [2.05, 4.69) is 0 Å². The van der Waals surface area contributed by atoms with Crippen molar-refractivity contribution in [2.45, 2.75) is 16.3 Å². The average Bonchev–Trinajstić information content (AvgIpc) is 2.70. The summed E-state index contributed by atoms with van der Waals surface area (Å²) < 4.78 is 3.90. The van der Waals surface area contributed by atoms with E-state index in [1.54, 1.807) is 11.3 Å². The van der Waals surface area contributed by atoms with Gasteiger partial charge in [-0.1, -0.05) is 34.8 Å². The Morgan fingerprint density at radius 2 is 2.08 bits per heavy atom. The first-order chi connectivity index (χ1) is 5.96. The molecule has 0 aromatic carbocycles. The molecule has 72 valence electrons. The van der Waals surface area contributed by atoms with E-state index < -0.39 is 9.39 Å². The topological polar surface area (TPSA) is 12.5 Å². The first-order valence-corrected chi connectivity index (χ1v) is 5.68. The van der Waals surface area contributed by atoms with Gasteiger partial charge in [0.2, 0.25) is 3.79 Å². The molecule has 0 bridgehead atoms. The Labute approximate surface area is 95.5 Å². The van der Waals surface area contributed by atoms with E-state index in [9.17, 15) is 0 Å². The minimum Gasteiger partial charge on any atom is -0.359 e. The van der Waals surface area contributed by atoms with Crippen molar-refractivity contribution in [1.29, 1.82) is 0 Å². The van der Waals surface area contributed by atoms with Gasteiger partial charge in [0.05, 0.1) is 6.61 Å². The number of halogens is 3. The summed E-state index contributed by atoms with van der Waals surface area (Å²) in [6, 6.07) is 3.95. The molecule has 2 rings (SSSR count). The summed E-state index contributed by atoms with van der Waals surface area (Å²) in [7, 11) is 0. The van der Waals surface area contributed by atoms with Crippen LogP contribution in [-0.4, -0.2) is 10.4 Å². The average molecular weight is 258 g/mol. The maximum Gasteiger partial charge on any atom is 0.226 e. The van der Waals surface area contributed by atoms with Crippen LogP contribution >= 0.6 is 46.1 Å². The van der Waals surface area contributed by atoms with Gasteiger partial charge in [-0.2, -0.15) is 0 Å². The van der Waals surface area contributed by atoms with Gasteiger partial charge in [-0.3, -0.25) is 0 Å². The molecule has 0 N–H and O–H groups in total. The molecular formula is C8H7Cl3OS. The number of hydrogen-bond donors (Lipinski definition) is 0. The third-order valence-electron chi connectivity index (χ3n) is 2.03. The number of alkyl halides is 3. The van der Waals surface area contributed by atoms with E-state index in [1.165, 1.54) is 4.88 Å². The van der Waals surface area contributed by atoms with Gasteiger partial charge in [0.1, 0.15) is 0 Å². The molecule has 1 aromatic heterocycles. The molecule has 0 saturated carbocycles. The van der Waals surface area contributed by atoms with Crippen LogP contribution in [0, 0.1) is 6.92 Å². The SMILES string of the molecule is Cc1ccc(C2(C(Cl)(Cl)Cl)CO2)s1. The Hall–Kier alpha value is 0.530. The van der Waals surface area contributed by atoms with Crippen molar-refractivity contribution >= 4 is 46.1 Å². The third kappa shape index (κ3) is 1.59. The van der Waals surface area contributed by atoms with Crippen molar-refractivity contribution < 1.29 is 4.74 Å². The van der Waals surface area contributed by atoms with Gasteiger partial charge < -0.3 is 4.74 Å². The molecule has 0 amide bonds. The fourth-order valence-electron chi connectivity index (χ4n) is 1.17. The lowest BCUT2D eigenvalue weighted by Gasteiger charge is -2.18. The molecule has 1 unspecified atom stereocenters. The van der Waals surface area contributed by atoms with Crippen LogP contribution in [-0.2, 0) is 10.3 Å². The number of ether oxygens (including phenoxy) is 1. The number of epoxide rings is 1. The Balaban J connectivity index is 2.36. The van der Waals surface area contributed by atoms with Gasteiger partial charge in [-0.25, -0.2) is 0 Å². The zero-order valence-electron chi connectivity index (χ0n) is 6.81. The maximum atomic E-state index is 5.84. The van der Waals surface area contributed by atoms with Crippen molar-refractivity contribution in [3.8, 4) is 0 Å². The van der Waals surface area contributed by atoms with Gasteiger partial charge >= 0.3 is 0 Å². The van der Waals surface area contributed by atoms with Crippen molar-refractivity contribution in [2.24, 2.45) is 0 Å². The van der Waals surface area contributed by atoms with Crippen LogP contribution in [0.3, 0.4) is 0 Å². The second-order valence-electron chi connectivity index (χ2n) is 3.02. The number of thiophene rings is 1. The van der Waals surface area contributed by atoms with Gasteiger partial charge in [0, 0.05) is 9.75 Å². The van der Waals surface area contributed by atoms with Gasteiger partial charge in [-0.15, -0.1) is 11.3 Å². The molecule has 1 aliphatic heterocycles.